The summed E-state index contributed by atoms with van der Waals surface area (Å²) in [7, 11) is 0. The van der Waals surface area contributed by atoms with E-state index in [1.807, 2.05) is 6.92 Å². The molecule has 1 N–H and O–H groups in total. The molecule has 0 spiro atoms. The van der Waals surface area contributed by atoms with Crippen LogP contribution in [0.2, 0.25) is 0 Å². The van der Waals surface area contributed by atoms with E-state index in [1.54, 1.807) is 11.3 Å². The van der Waals surface area contributed by atoms with Crippen molar-refractivity contribution in [3.05, 3.63) is 28.9 Å². The molecule has 3 aromatic rings. The molecule has 3 aromatic heterocycles. The second-order valence-corrected chi connectivity index (χ2v) is 6.44. The Kier molecular flexibility index (Phi) is 3.70. The van der Waals surface area contributed by atoms with Gasteiger partial charge in [0.25, 0.3) is 0 Å². The molecule has 8 heteroatoms. The van der Waals surface area contributed by atoms with E-state index in [0.717, 1.165) is 40.6 Å². The van der Waals surface area contributed by atoms with Crippen LogP contribution < -0.4 is 4.90 Å². The number of fused-ring (bicyclic) bond motifs is 1. The number of hydrogen-bond donors (Lipinski definition) is 1. The minimum atomic E-state index is -0.137. The van der Waals surface area contributed by atoms with Crippen molar-refractivity contribution in [2.45, 2.75) is 26.4 Å². The Morgan fingerprint density at radius 3 is 3.09 bits per heavy atom. The molecule has 23 heavy (non-hydrogen) atoms. The number of aryl methyl sites for hydroxylation is 2. The van der Waals surface area contributed by atoms with Crippen LogP contribution in [-0.2, 0) is 11.2 Å². The lowest BCUT2D eigenvalue weighted by Gasteiger charge is -2.32. The van der Waals surface area contributed by atoms with Crippen LogP contribution >= 0.6 is 11.3 Å². The van der Waals surface area contributed by atoms with Gasteiger partial charge in [-0.3, -0.25) is 5.10 Å². The summed E-state index contributed by atoms with van der Waals surface area (Å²) in [5.41, 5.74) is 0. The Hall–Kier alpha value is -2.06. The Labute approximate surface area is 137 Å². The van der Waals surface area contributed by atoms with Crippen molar-refractivity contribution < 1.29 is 4.74 Å². The topological polar surface area (TPSA) is 79.8 Å². The highest BCUT2D eigenvalue weighted by molar-refractivity contribution is 7.16. The van der Waals surface area contributed by atoms with E-state index >= 15 is 0 Å². The van der Waals surface area contributed by atoms with Gasteiger partial charge in [0.05, 0.1) is 18.5 Å². The Bertz CT molecular complexity index is 828. The van der Waals surface area contributed by atoms with Crippen molar-refractivity contribution in [2.75, 3.05) is 24.6 Å². The van der Waals surface area contributed by atoms with Gasteiger partial charge in [0.2, 0.25) is 0 Å². The van der Waals surface area contributed by atoms with Gasteiger partial charge in [0.1, 0.15) is 28.4 Å². The molecule has 1 atom stereocenters. The molecule has 4 rings (SSSR count). The van der Waals surface area contributed by atoms with E-state index in [4.69, 9.17) is 9.72 Å². The van der Waals surface area contributed by atoms with Crippen LogP contribution in [0.3, 0.4) is 0 Å². The number of ether oxygens (including phenoxy) is 1. The van der Waals surface area contributed by atoms with Gasteiger partial charge in [-0.25, -0.2) is 15.0 Å². The van der Waals surface area contributed by atoms with E-state index in [0.29, 0.717) is 19.0 Å². The molecular formula is C15H18N6OS. The quantitative estimate of drug-likeness (QED) is 0.793. The summed E-state index contributed by atoms with van der Waals surface area (Å²) >= 11 is 1.66. The summed E-state index contributed by atoms with van der Waals surface area (Å²) in [4.78, 5) is 17.1. The summed E-state index contributed by atoms with van der Waals surface area (Å²) in [6, 6.07) is 2.09. The molecule has 0 radical (unpaired) electrons. The molecule has 120 valence electrons. The van der Waals surface area contributed by atoms with E-state index in [2.05, 4.69) is 43.4 Å². The summed E-state index contributed by atoms with van der Waals surface area (Å²) < 4.78 is 5.85. The second-order valence-electron chi connectivity index (χ2n) is 5.54. The van der Waals surface area contributed by atoms with Gasteiger partial charge < -0.3 is 9.64 Å². The average Bonchev–Trinajstić information content (AvgIpc) is 3.22. The highest BCUT2D eigenvalue weighted by atomic mass is 32.1. The fourth-order valence-electron chi connectivity index (χ4n) is 2.78. The zero-order valence-corrected chi connectivity index (χ0v) is 13.9. The maximum absolute atomic E-state index is 5.85. The van der Waals surface area contributed by atoms with Gasteiger partial charge in [0, 0.05) is 13.0 Å². The smallest absolute Gasteiger partial charge is 0.181 e. The number of aromatic amines is 1. The molecule has 0 saturated carbocycles. The zero-order chi connectivity index (χ0) is 15.8. The first-order valence-electron chi connectivity index (χ1n) is 7.74. The number of rotatable bonds is 3. The zero-order valence-electron chi connectivity index (χ0n) is 13.1. The fraction of sp³-hybridized carbons (Fsp3) is 0.467. The van der Waals surface area contributed by atoms with Crippen LogP contribution in [0.25, 0.3) is 10.2 Å². The number of aromatic nitrogens is 5. The average molecular weight is 330 g/mol. The minimum absolute atomic E-state index is 0.137. The van der Waals surface area contributed by atoms with Crippen molar-refractivity contribution in [3.63, 3.8) is 0 Å². The van der Waals surface area contributed by atoms with E-state index < -0.39 is 0 Å². The number of anilines is 1. The van der Waals surface area contributed by atoms with Gasteiger partial charge in [-0.2, -0.15) is 5.10 Å². The highest BCUT2D eigenvalue weighted by Crippen LogP contribution is 2.31. The van der Waals surface area contributed by atoms with Crippen LogP contribution in [-0.4, -0.2) is 44.8 Å². The molecule has 1 unspecified atom stereocenters. The SMILES string of the molecule is CCc1nc(N2CCOC(c3n[nH]c(C)n3)C2)c2ccsc2n1. The predicted molar refractivity (Wildman–Crippen MR) is 88.8 cm³/mol. The van der Waals surface area contributed by atoms with Crippen molar-refractivity contribution in [1.82, 2.24) is 25.1 Å². The first-order chi connectivity index (χ1) is 11.2. The number of H-pyrrole nitrogens is 1. The lowest BCUT2D eigenvalue weighted by molar-refractivity contribution is 0.0340. The monoisotopic (exact) mass is 330 g/mol. The third-order valence-electron chi connectivity index (χ3n) is 3.94. The molecule has 0 aromatic carbocycles. The standard InChI is InChI=1S/C15H18N6OS/c1-3-12-17-14(10-4-7-23-15(10)18-12)21-5-6-22-11(8-21)13-16-9(2)19-20-13/h4,7,11H,3,5-6,8H2,1-2H3,(H,16,19,20). The molecule has 0 amide bonds. The number of nitrogens with one attached hydrogen (secondary N) is 1. The molecular weight excluding hydrogens is 312 g/mol. The van der Waals surface area contributed by atoms with Gasteiger partial charge in [0.15, 0.2) is 5.82 Å². The molecule has 4 heterocycles. The number of nitrogens with zero attached hydrogens (tertiary/aromatic N) is 5. The molecule has 1 saturated heterocycles. The Balaban J connectivity index is 1.68. The van der Waals surface area contributed by atoms with Crippen molar-refractivity contribution >= 4 is 27.4 Å². The van der Waals surface area contributed by atoms with E-state index in [-0.39, 0.29) is 6.10 Å². The van der Waals surface area contributed by atoms with Crippen LogP contribution in [0.1, 0.15) is 30.5 Å². The first kappa shape index (κ1) is 14.5. The summed E-state index contributed by atoms with van der Waals surface area (Å²) in [5, 5.41) is 10.3. The number of morpholine rings is 1. The minimum Gasteiger partial charge on any atom is -0.366 e. The first-order valence-corrected chi connectivity index (χ1v) is 8.62. The van der Waals surface area contributed by atoms with Gasteiger partial charge in [-0.1, -0.05) is 6.92 Å². The predicted octanol–water partition coefficient (Wildman–Crippen LogP) is 2.26. The lowest BCUT2D eigenvalue weighted by atomic mass is 10.2. The molecule has 0 bridgehead atoms. The second kappa shape index (κ2) is 5.86. The summed E-state index contributed by atoms with van der Waals surface area (Å²) in [6.07, 6.45) is 0.691. The number of hydrogen-bond acceptors (Lipinski definition) is 7. The number of thiophene rings is 1. The fourth-order valence-corrected chi connectivity index (χ4v) is 3.56. The normalized spacial score (nSPS) is 18.7. The molecule has 0 aliphatic carbocycles. The third-order valence-corrected chi connectivity index (χ3v) is 4.74. The van der Waals surface area contributed by atoms with Gasteiger partial charge in [-0.05, 0) is 18.4 Å². The van der Waals surface area contributed by atoms with Crippen molar-refractivity contribution in [2.24, 2.45) is 0 Å². The van der Waals surface area contributed by atoms with Gasteiger partial charge >= 0.3 is 0 Å². The summed E-state index contributed by atoms with van der Waals surface area (Å²) in [5.74, 6) is 3.38. The van der Waals surface area contributed by atoms with Crippen molar-refractivity contribution in [1.29, 1.82) is 0 Å². The molecule has 1 fully saturated rings. The Morgan fingerprint density at radius 1 is 1.39 bits per heavy atom. The van der Waals surface area contributed by atoms with Gasteiger partial charge in [-0.15, -0.1) is 11.3 Å². The third kappa shape index (κ3) is 2.68. The van der Waals surface area contributed by atoms with Crippen molar-refractivity contribution in [3.8, 4) is 0 Å². The van der Waals surface area contributed by atoms with Crippen LogP contribution in [0, 0.1) is 6.92 Å². The van der Waals surface area contributed by atoms with Crippen LogP contribution in [0.5, 0.6) is 0 Å². The largest absolute Gasteiger partial charge is 0.366 e. The van der Waals surface area contributed by atoms with E-state index in [9.17, 15) is 0 Å². The lowest BCUT2D eigenvalue weighted by Crippen LogP contribution is -2.39. The molecule has 1 aliphatic rings. The Morgan fingerprint density at radius 2 is 2.30 bits per heavy atom. The summed E-state index contributed by atoms with van der Waals surface area (Å²) in [6.45, 7) is 6.11. The maximum atomic E-state index is 5.85. The highest BCUT2D eigenvalue weighted by Gasteiger charge is 2.27. The van der Waals surface area contributed by atoms with Crippen LogP contribution in [0.4, 0.5) is 5.82 Å². The molecule has 1 aliphatic heterocycles. The molecule has 7 nitrogen and oxygen atoms in total. The maximum Gasteiger partial charge on any atom is 0.181 e. The van der Waals surface area contributed by atoms with Crippen LogP contribution in [0.15, 0.2) is 11.4 Å². The van der Waals surface area contributed by atoms with E-state index in [1.165, 1.54) is 0 Å².